The molecule has 3 aromatic rings. The quantitative estimate of drug-likeness (QED) is 0.377. The maximum absolute atomic E-state index is 10.7. The fourth-order valence-electron chi connectivity index (χ4n) is 2.84. The van der Waals surface area contributed by atoms with Crippen LogP contribution in [0.5, 0.6) is 0 Å². The number of anilines is 3. The van der Waals surface area contributed by atoms with E-state index >= 15 is 0 Å². The van der Waals surface area contributed by atoms with E-state index in [1.165, 1.54) is 12.1 Å². The Kier molecular flexibility index (Phi) is 5.33. The van der Waals surface area contributed by atoms with Crippen molar-refractivity contribution < 1.29 is 9.66 Å². The lowest BCUT2D eigenvalue weighted by molar-refractivity contribution is -0.384. The Hall–Kier alpha value is -2.82. The second kappa shape index (κ2) is 8.05. The van der Waals surface area contributed by atoms with E-state index in [1.54, 1.807) is 23.5 Å². The van der Waals surface area contributed by atoms with Gasteiger partial charge in [-0.25, -0.2) is 4.98 Å². The summed E-state index contributed by atoms with van der Waals surface area (Å²) in [5.74, 6) is 0. The number of fused-ring (bicyclic) bond motifs is 1. The molecule has 1 aliphatic rings. The van der Waals surface area contributed by atoms with Crippen molar-refractivity contribution in [3.8, 4) is 0 Å². The van der Waals surface area contributed by atoms with Gasteiger partial charge in [0.15, 0.2) is 10.2 Å². The van der Waals surface area contributed by atoms with Crippen molar-refractivity contribution in [2.75, 3.05) is 41.8 Å². The van der Waals surface area contributed by atoms with E-state index in [2.05, 4.69) is 15.5 Å². The number of nitro benzene ring substituents is 1. The monoisotopic (exact) mass is 415 g/mol. The molecule has 2 aromatic carbocycles. The third kappa shape index (κ3) is 4.19. The fraction of sp³-hybridized carbons (Fsp3) is 0.222. The van der Waals surface area contributed by atoms with Crippen molar-refractivity contribution in [1.82, 2.24) is 4.98 Å². The van der Waals surface area contributed by atoms with Crippen molar-refractivity contribution in [2.45, 2.75) is 0 Å². The Labute approximate surface area is 170 Å². The first kappa shape index (κ1) is 18.5. The molecule has 2 N–H and O–H groups in total. The molecule has 0 atom stereocenters. The predicted octanol–water partition coefficient (Wildman–Crippen LogP) is 3.85. The first-order valence-corrected chi connectivity index (χ1v) is 9.87. The topological polar surface area (TPSA) is 92.6 Å². The first-order chi connectivity index (χ1) is 13.6. The second-order valence-electron chi connectivity index (χ2n) is 6.16. The molecule has 28 heavy (non-hydrogen) atoms. The molecule has 0 radical (unpaired) electrons. The van der Waals surface area contributed by atoms with E-state index in [9.17, 15) is 10.1 Å². The molecule has 0 aliphatic carbocycles. The Morgan fingerprint density at radius 2 is 1.82 bits per heavy atom. The van der Waals surface area contributed by atoms with E-state index in [-0.39, 0.29) is 5.69 Å². The number of nitrogens with one attached hydrogen (secondary N) is 2. The minimum absolute atomic E-state index is 0.0381. The van der Waals surface area contributed by atoms with Gasteiger partial charge in [0.05, 0.1) is 28.4 Å². The first-order valence-electron chi connectivity index (χ1n) is 8.64. The van der Waals surface area contributed by atoms with Crippen molar-refractivity contribution in [3.63, 3.8) is 0 Å². The van der Waals surface area contributed by atoms with Crippen LogP contribution in [0.15, 0.2) is 42.5 Å². The number of nitrogens with zero attached hydrogens (tertiary/aromatic N) is 3. The zero-order valence-electron chi connectivity index (χ0n) is 14.8. The van der Waals surface area contributed by atoms with Crippen LogP contribution in [0.3, 0.4) is 0 Å². The molecule has 0 bridgehead atoms. The highest BCUT2D eigenvalue weighted by Crippen LogP contribution is 2.31. The summed E-state index contributed by atoms with van der Waals surface area (Å²) in [6.07, 6.45) is 0. The summed E-state index contributed by atoms with van der Waals surface area (Å²) in [6, 6.07) is 12.0. The Bertz CT molecular complexity index is 1020. The van der Waals surface area contributed by atoms with Gasteiger partial charge in [-0.3, -0.25) is 10.1 Å². The lowest BCUT2D eigenvalue weighted by Gasteiger charge is -2.25. The van der Waals surface area contributed by atoms with Crippen LogP contribution in [0.25, 0.3) is 10.2 Å². The van der Waals surface area contributed by atoms with E-state index in [0.717, 1.165) is 47.3 Å². The Morgan fingerprint density at radius 3 is 2.54 bits per heavy atom. The highest BCUT2D eigenvalue weighted by molar-refractivity contribution is 7.80. The predicted molar refractivity (Wildman–Crippen MR) is 116 cm³/mol. The molecule has 1 aromatic heterocycles. The number of rotatable bonds is 4. The van der Waals surface area contributed by atoms with Crippen molar-refractivity contribution in [3.05, 3.63) is 52.6 Å². The number of benzene rings is 2. The van der Waals surface area contributed by atoms with Gasteiger partial charge in [0, 0.05) is 36.6 Å². The van der Waals surface area contributed by atoms with Crippen LogP contribution in [0, 0.1) is 10.1 Å². The number of morpholine rings is 1. The second-order valence-corrected chi connectivity index (χ2v) is 7.58. The molecule has 1 aliphatic heterocycles. The highest BCUT2D eigenvalue weighted by atomic mass is 32.1. The van der Waals surface area contributed by atoms with Crippen LogP contribution in [-0.4, -0.2) is 41.3 Å². The SMILES string of the molecule is O=[N+]([O-])c1ccc(NC(=S)Nc2ccc3nc(N4CCOCC4)sc3c2)cc1. The van der Waals surface area contributed by atoms with E-state index < -0.39 is 4.92 Å². The molecule has 2 heterocycles. The van der Waals surface area contributed by atoms with Gasteiger partial charge < -0.3 is 20.3 Å². The normalized spacial score (nSPS) is 14.1. The zero-order valence-corrected chi connectivity index (χ0v) is 16.4. The molecule has 1 saturated heterocycles. The summed E-state index contributed by atoms with van der Waals surface area (Å²) >= 11 is 6.99. The number of non-ortho nitro benzene ring substituents is 1. The fourth-order valence-corrected chi connectivity index (χ4v) is 4.13. The lowest BCUT2D eigenvalue weighted by Crippen LogP contribution is -2.36. The van der Waals surface area contributed by atoms with Crippen LogP contribution in [0.2, 0.25) is 0 Å². The number of ether oxygens (including phenoxy) is 1. The van der Waals surface area contributed by atoms with Crippen molar-refractivity contribution in [2.24, 2.45) is 0 Å². The van der Waals surface area contributed by atoms with Gasteiger partial charge in [-0.1, -0.05) is 11.3 Å². The summed E-state index contributed by atoms with van der Waals surface area (Å²) in [4.78, 5) is 17.2. The summed E-state index contributed by atoms with van der Waals surface area (Å²) < 4.78 is 6.47. The van der Waals surface area contributed by atoms with Crippen molar-refractivity contribution in [1.29, 1.82) is 0 Å². The number of hydrogen-bond acceptors (Lipinski definition) is 7. The summed E-state index contributed by atoms with van der Waals surface area (Å²) in [6.45, 7) is 3.17. The maximum atomic E-state index is 10.7. The van der Waals surface area contributed by atoms with E-state index in [0.29, 0.717) is 10.8 Å². The number of thiazole rings is 1. The van der Waals surface area contributed by atoms with Crippen LogP contribution in [-0.2, 0) is 4.74 Å². The molecule has 0 spiro atoms. The molecular weight excluding hydrogens is 398 g/mol. The third-order valence-electron chi connectivity index (χ3n) is 4.25. The number of aromatic nitrogens is 1. The maximum Gasteiger partial charge on any atom is 0.269 e. The average Bonchev–Trinajstić information content (AvgIpc) is 3.12. The number of hydrogen-bond donors (Lipinski definition) is 2. The molecular formula is C18H17N5O3S2. The third-order valence-corrected chi connectivity index (χ3v) is 5.54. The molecule has 0 unspecified atom stereocenters. The van der Waals surface area contributed by atoms with Crippen LogP contribution in [0.1, 0.15) is 0 Å². The largest absolute Gasteiger partial charge is 0.378 e. The van der Waals surface area contributed by atoms with Gasteiger partial charge in [0.25, 0.3) is 5.69 Å². The van der Waals surface area contributed by atoms with Gasteiger partial charge in [-0.05, 0) is 42.5 Å². The average molecular weight is 416 g/mol. The smallest absolute Gasteiger partial charge is 0.269 e. The Morgan fingerprint density at radius 1 is 1.14 bits per heavy atom. The molecule has 144 valence electrons. The molecule has 1 fully saturated rings. The van der Waals surface area contributed by atoms with Gasteiger partial charge >= 0.3 is 0 Å². The molecule has 0 saturated carbocycles. The van der Waals surface area contributed by atoms with Crippen molar-refractivity contribution >= 4 is 61.1 Å². The van der Waals surface area contributed by atoms with Gasteiger partial charge in [-0.15, -0.1) is 0 Å². The van der Waals surface area contributed by atoms with Crippen LogP contribution >= 0.6 is 23.6 Å². The minimum Gasteiger partial charge on any atom is -0.378 e. The molecule has 4 rings (SSSR count). The minimum atomic E-state index is -0.435. The summed E-state index contributed by atoms with van der Waals surface area (Å²) in [5.41, 5.74) is 2.52. The van der Waals surface area contributed by atoms with Crippen LogP contribution < -0.4 is 15.5 Å². The van der Waals surface area contributed by atoms with Gasteiger partial charge in [0.2, 0.25) is 0 Å². The molecule has 0 amide bonds. The summed E-state index contributed by atoms with van der Waals surface area (Å²) in [7, 11) is 0. The van der Waals surface area contributed by atoms with Gasteiger partial charge in [-0.2, -0.15) is 0 Å². The molecule has 8 nitrogen and oxygen atoms in total. The van der Waals surface area contributed by atoms with Crippen LogP contribution in [0.4, 0.5) is 22.2 Å². The number of nitro groups is 1. The molecule has 10 heteroatoms. The van der Waals surface area contributed by atoms with Gasteiger partial charge in [0.1, 0.15) is 0 Å². The summed E-state index contributed by atoms with van der Waals surface area (Å²) in [5, 5.41) is 18.3. The zero-order chi connectivity index (χ0) is 19.5. The Balaban J connectivity index is 1.43. The van der Waals surface area contributed by atoms with E-state index in [4.69, 9.17) is 21.9 Å². The standard InChI is InChI=1S/C18H17N5O3S2/c24-23(25)14-4-1-12(2-5-14)19-17(27)20-13-3-6-15-16(11-13)28-18(21-15)22-7-9-26-10-8-22/h1-6,11H,7-10H2,(H2,19,20,27). The van der Waals surface area contributed by atoms with E-state index in [1.807, 2.05) is 18.2 Å². The number of thiocarbonyl (C=S) groups is 1. The lowest BCUT2D eigenvalue weighted by atomic mass is 10.3. The highest BCUT2D eigenvalue weighted by Gasteiger charge is 2.15.